The highest BCUT2D eigenvalue weighted by atomic mass is 32.2. The van der Waals surface area contributed by atoms with Crippen LogP contribution in [0, 0.1) is 5.92 Å². The van der Waals surface area contributed by atoms with Crippen molar-refractivity contribution in [3.05, 3.63) is 35.9 Å². The van der Waals surface area contributed by atoms with E-state index in [1.54, 1.807) is 11.8 Å². The van der Waals surface area contributed by atoms with Gasteiger partial charge in [0.05, 0.1) is 0 Å². The molecular weight excluding hydrogens is 230 g/mol. The third-order valence-corrected chi connectivity index (χ3v) is 5.15. The van der Waals surface area contributed by atoms with E-state index in [-0.39, 0.29) is 5.12 Å². The number of piperidine rings is 3. The highest BCUT2D eigenvalue weighted by molar-refractivity contribution is 8.14. The van der Waals surface area contributed by atoms with E-state index in [4.69, 9.17) is 0 Å². The van der Waals surface area contributed by atoms with Crippen molar-refractivity contribution in [3.63, 3.8) is 0 Å². The molecule has 2 nitrogen and oxygen atoms in total. The molecule has 0 saturated carbocycles. The number of carbonyl (C=O) groups excluding carboxylic acids is 1. The molecule has 1 unspecified atom stereocenters. The predicted molar refractivity (Wildman–Crippen MR) is 71.3 cm³/mol. The molecule has 3 aliphatic heterocycles. The molecule has 0 N–H and O–H groups in total. The summed E-state index contributed by atoms with van der Waals surface area (Å²) in [6.45, 7) is 3.58. The third kappa shape index (κ3) is 2.40. The van der Waals surface area contributed by atoms with Crippen LogP contribution >= 0.6 is 11.8 Å². The van der Waals surface area contributed by atoms with Gasteiger partial charge in [-0.1, -0.05) is 42.1 Å². The Morgan fingerprint density at radius 3 is 2.47 bits per heavy atom. The van der Waals surface area contributed by atoms with Crippen LogP contribution in [0.25, 0.3) is 0 Å². The van der Waals surface area contributed by atoms with Gasteiger partial charge in [-0.3, -0.25) is 4.79 Å². The van der Waals surface area contributed by atoms with Gasteiger partial charge < -0.3 is 4.90 Å². The SMILES string of the molecule is O=C(SC1CN2CCC1CC2)c1ccccc1. The Balaban J connectivity index is 1.66. The summed E-state index contributed by atoms with van der Waals surface area (Å²) in [5.74, 6) is 0.762. The molecule has 2 bridgehead atoms. The molecule has 0 aliphatic carbocycles. The van der Waals surface area contributed by atoms with E-state index in [0.717, 1.165) is 18.0 Å². The molecule has 0 aromatic heterocycles. The molecule has 3 heterocycles. The van der Waals surface area contributed by atoms with Crippen molar-refractivity contribution in [2.75, 3.05) is 19.6 Å². The van der Waals surface area contributed by atoms with Crippen LogP contribution < -0.4 is 0 Å². The van der Waals surface area contributed by atoms with Crippen LogP contribution in [0.1, 0.15) is 23.2 Å². The minimum absolute atomic E-state index is 0.240. The summed E-state index contributed by atoms with van der Waals surface area (Å²) in [4.78, 5) is 14.6. The zero-order valence-corrected chi connectivity index (χ0v) is 10.7. The van der Waals surface area contributed by atoms with Crippen LogP contribution in [0.15, 0.2) is 30.3 Å². The van der Waals surface area contributed by atoms with E-state index in [9.17, 15) is 4.79 Å². The van der Waals surface area contributed by atoms with Crippen LogP contribution in [0.5, 0.6) is 0 Å². The Kier molecular flexibility index (Phi) is 3.21. The number of rotatable bonds is 2. The molecule has 3 saturated heterocycles. The molecule has 1 atom stereocenters. The average molecular weight is 247 g/mol. The fourth-order valence-corrected chi connectivity index (χ4v) is 4.12. The summed E-state index contributed by atoms with van der Waals surface area (Å²) >= 11 is 1.56. The van der Waals surface area contributed by atoms with Crippen LogP contribution in [0.4, 0.5) is 0 Å². The number of nitrogens with zero attached hydrogens (tertiary/aromatic N) is 1. The maximum absolute atomic E-state index is 12.1. The Morgan fingerprint density at radius 1 is 1.18 bits per heavy atom. The zero-order valence-electron chi connectivity index (χ0n) is 9.84. The lowest BCUT2D eigenvalue weighted by Crippen LogP contribution is -2.49. The summed E-state index contributed by atoms with van der Waals surface area (Å²) < 4.78 is 0. The van der Waals surface area contributed by atoms with Gasteiger partial charge in [0.2, 0.25) is 5.12 Å². The standard InChI is InChI=1S/C14H17NOS/c16-14(12-4-2-1-3-5-12)17-13-10-15-8-6-11(13)7-9-15/h1-5,11,13H,6-10H2. The van der Waals surface area contributed by atoms with Crippen molar-refractivity contribution < 1.29 is 4.79 Å². The Morgan fingerprint density at radius 2 is 1.88 bits per heavy atom. The fraction of sp³-hybridized carbons (Fsp3) is 0.500. The van der Waals surface area contributed by atoms with Crippen molar-refractivity contribution in [2.45, 2.75) is 18.1 Å². The maximum atomic E-state index is 12.1. The van der Waals surface area contributed by atoms with E-state index in [1.807, 2.05) is 30.3 Å². The molecule has 17 heavy (non-hydrogen) atoms. The number of benzene rings is 1. The lowest BCUT2D eigenvalue weighted by molar-refractivity contribution is 0.106. The second-order valence-electron chi connectivity index (χ2n) is 4.95. The number of fused-ring (bicyclic) bond motifs is 3. The Hall–Kier alpha value is -0.800. The molecule has 0 radical (unpaired) electrons. The first-order valence-corrected chi connectivity index (χ1v) is 7.19. The number of thioether (sulfide) groups is 1. The highest BCUT2D eigenvalue weighted by Crippen LogP contribution is 2.36. The number of hydrogen-bond donors (Lipinski definition) is 0. The normalized spacial score (nSPS) is 31.4. The lowest BCUT2D eigenvalue weighted by Gasteiger charge is -2.44. The zero-order chi connectivity index (χ0) is 11.7. The van der Waals surface area contributed by atoms with Gasteiger partial charge in [-0.25, -0.2) is 0 Å². The second-order valence-corrected chi connectivity index (χ2v) is 6.16. The maximum Gasteiger partial charge on any atom is 0.219 e. The summed E-state index contributed by atoms with van der Waals surface area (Å²) in [5.41, 5.74) is 0.842. The molecule has 3 aliphatic rings. The van der Waals surface area contributed by atoms with E-state index in [0.29, 0.717) is 5.25 Å². The van der Waals surface area contributed by atoms with Gasteiger partial charge in [-0.15, -0.1) is 0 Å². The van der Waals surface area contributed by atoms with E-state index in [1.165, 1.54) is 25.9 Å². The van der Waals surface area contributed by atoms with Crippen molar-refractivity contribution in [1.82, 2.24) is 4.90 Å². The molecular formula is C14H17NOS. The summed E-state index contributed by atoms with van der Waals surface area (Å²) in [6.07, 6.45) is 2.56. The first-order valence-electron chi connectivity index (χ1n) is 6.31. The second kappa shape index (κ2) is 4.83. The van der Waals surface area contributed by atoms with Crippen LogP contribution in [-0.2, 0) is 0 Å². The number of carbonyl (C=O) groups is 1. The molecule has 4 rings (SSSR count). The molecule has 3 fully saturated rings. The number of hydrogen-bond acceptors (Lipinski definition) is 3. The van der Waals surface area contributed by atoms with Gasteiger partial charge in [0.1, 0.15) is 0 Å². The van der Waals surface area contributed by atoms with Gasteiger partial charge in [-0.2, -0.15) is 0 Å². The summed E-state index contributed by atoms with van der Waals surface area (Å²) in [6, 6.07) is 9.65. The molecule has 0 spiro atoms. The molecule has 1 aromatic rings. The van der Waals surface area contributed by atoms with Crippen molar-refractivity contribution in [3.8, 4) is 0 Å². The smallest absolute Gasteiger partial charge is 0.219 e. The Labute approximate surface area is 106 Å². The Bertz CT molecular complexity index is 398. The topological polar surface area (TPSA) is 20.3 Å². The fourth-order valence-electron chi connectivity index (χ4n) is 2.82. The van der Waals surface area contributed by atoms with Crippen LogP contribution in [0.2, 0.25) is 0 Å². The third-order valence-electron chi connectivity index (χ3n) is 3.86. The minimum atomic E-state index is 0.240. The van der Waals surface area contributed by atoms with Crippen LogP contribution in [-0.4, -0.2) is 34.9 Å². The van der Waals surface area contributed by atoms with E-state index < -0.39 is 0 Å². The molecule has 90 valence electrons. The van der Waals surface area contributed by atoms with Gasteiger partial charge in [0, 0.05) is 17.4 Å². The van der Waals surface area contributed by atoms with E-state index >= 15 is 0 Å². The molecule has 0 amide bonds. The highest BCUT2D eigenvalue weighted by Gasteiger charge is 2.35. The van der Waals surface area contributed by atoms with Crippen LogP contribution in [0.3, 0.4) is 0 Å². The van der Waals surface area contributed by atoms with Gasteiger partial charge in [0.15, 0.2) is 0 Å². The minimum Gasteiger partial charge on any atom is -0.302 e. The largest absolute Gasteiger partial charge is 0.302 e. The van der Waals surface area contributed by atoms with Gasteiger partial charge in [-0.05, 0) is 31.8 Å². The quantitative estimate of drug-likeness (QED) is 0.801. The van der Waals surface area contributed by atoms with Gasteiger partial charge in [0.25, 0.3) is 0 Å². The van der Waals surface area contributed by atoms with Crippen molar-refractivity contribution >= 4 is 16.9 Å². The predicted octanol–water partition coefficient (Wildman–Crippen LogP) is 2.65. The first kappa shape index (κ1) is 11.3. The molecule has 1 aromatic carbocycles. The summed E-state index contributed by atoms with van der Waals surface area (Å²) in [7, 11) is 0. The summed E-state index contributed by atoms with van der Waals surface area (Å²) in [5, 5.41) is 0.759. The lowest BCUT2D eigenvalue weighted by atomic mass is 9.88. The van der Waals surface area contributed by atoms with E-state index in [2.05, 4.69) is 4.90 Å². The van der Waals surface area contributed by atoms with Crippen molar-refractivity contribution in [2.24, 2.45) is 5.92 Å². The first-order chi connectivity index (χ1) is 8.33. The van der Waals surface area contributed by atoms with Gasteiger partial charge >= 0.3 is 0 Å². The molecule has 3 heteroatoms. The monoisotopic (exact) mass is 247 g/mol. The van der Waals surface area contributed by atoms with Crippen molar-refractivity contribution in [1.29, 1.82) is 0 Å². The average Bonchev–Trinajstić information content (AvgIpc) is 2.41.